The van der Waals surface area contributed by atoms with Gasteiger partial charge < -0.3 is 5.73 Å². The van der Waals surface area contributed by atoms with Gasteiger partial charge in [0.15, 0.2) is 0 Å². The van der Waals surface area contributed by atoms with Gasteiger partial charge in [-0.25, -0.2) is 0 Å². The van der Waals surface area contributed by atoms with Crippen LogP contribution in [-0.2, 0) is 0 Å². The van der Waals surface area contributed by atoms with Crippen LogP contribution in [-0.4, -0.2) is 30.6 Å². The Morgan fingerprint density at radius 3 is 2.80 bits per heavy atom. The van der Waals surface area contributed by atoms with Gasteiger partial charge in [0.05, 0.1) is 0 Å². The third-order valence-electron chi connectivity index (χ3n) is 1.91. The maximum absolute atomic E-state index is 5.63. The molecule has 1 unspecified atom stereocenters. The van der Waals surface area contributed by atoms with E-state index in [-0.39, 0.29) is 0 Å². The standard InChI is InChI=1S/C7H13ClN2/c1-6(8)5-10-3-2-7(10)4-9/h7H,1-5,9H2. The number of nitrogens with two attached hydrogens (primary N) is 1. The molecule has 1 aliphatic heterocycles. The highest BCUT2D eigenvalue weighted by Crippen LogP contribution is 2.17. The summed E-state index contributed by atoms with van der Waals surface area (Å²) in [5.74, 6) is 0. The van der Waals surface area contributed by atoms with E-state index in [0.29, 0.717) is 11.1 Å². The topological polar surface area (TPSA) is 29.3 Å². The quantitative estimate of drug-likeness (QED) is 0.661. The van der Waals surface area contributed by atoms with Gasteiger partial charge in [0.2, 0.25) is 0 Å². The summed E-state index contributed by atoms with van der Waals surface area (Å²) in [7, 11) is 0. The van der Waals surface area contributed by atoms with Crippen LogP contribution in [0.3, 0.4) is 0 Å². The Balaban J connectivity index is 2.23. The molecule has 0 aliphatic carbocycles. The summed E-state index contributed by atoms with van der Waals surface area (Å²) in [5, 5.41) is 0.707. The zero-order chi connectivity index (χ0) is 7.56. The van der Waals surface area contributed by atoms with Gasteiger partial charge in [-0.15, -0.1) is 0 Å². The minimum absolute atomic E-state index is 0.551. The highest BCUT2D eigenvalue weighted by molar-refractivity contribution is 6.29. The van der Waals surface area contributed by atoms with E-state index in [0.717, 1.165) is 19.6 Å². The summed E-state index contributed by atoms with van der Waals surface area (Å²) in [5.41, 5.74) is 5.49. The number of likely N-dealkylation sites (tertiary alicyclic amines) is 1. The van der Waals surface area contributed by atoms with Gasteiger partial charge in [0.1, 0.15) is 0 Å². The molecule has 0 bridgehead atoms. The fraction of sp³-hybridized carbons (Fsp3) is 0.714. The fourth-order valence-electron chi connectivity index (χ4n) is 1.19. The summed E-state index contributed by atoms with van der Waals surface area (Å²) in [6.45, 7) is 6.28. The molecule has 0 aromatic carbocycles. The Labute approximate surface area is 66.6 Å². The van der Waals surface area contributed by atoms with Crippen molar-refractivity contribution in [3.8, 4) is 0 Å². The summed E-state index contributed by atoms with van der Waals surface area (Å²) in [4.78, 5) is 2.25. The van der Waals surface area contributed by atoms with Crippen molar-refractivity contribution in [3.63, 3.8) is 0 Å². The number of hydrogen-bond acceptors (Lipinski definition) is 2. The van der Waals surface area contributed by atoms with Crippen molar-refractivity contribution < 1.29 is 0 Å². The van der Waals surface area contributed by atoms with Crippen molar-refractivity contribution in [2.75, 3.05) is 19.6 Å². The number of nitrogens with zero attached hydrogens (tertiary/aromatic N) is 1. The number of halogens is 1. The summed E-state index contributed by atoms with van der Waals surface area (Å²) < 4.78 is 0. The average Bonchev–Trinajstić information content (AvgIpc) is 1.82. The van der Waals surface area contributed by atoms with Crippen molar-refractivity contribution in [2.24, 2.45) is 5.73 Å². The van der Waals surface area contributed by atoms with Crippen LogP contribution in [0.15, 0.2) is 11.6 Å². The monoisotopic (exact) mass is 160 g/mol. The Morgan fingerprint density at radius 2 is 2.50 bits per heavy atom. The lowest BCUT2D eigenvalue weighted by atomic mass is 10.0. The lowest BCUT2D eigenvalue weighted by Gasteiger charge is -2.40. The third-order valence-corrected chi connectivity index (χ3v) is 2.03. The van der Waals surface area contributed by atoms with Gasteiger partial charge in [-0.1, -0.05) is 18.2 Å². The largest absolute Gasteiger partial charge is 0.329 e. The van der Waals surface area contributed by atoms with Crippen LogP contribution in [0.25, 0.3) is 0 Å². The van der Waals surface area contributed by atoms with E-state index in [9.17, 15) is 0 Å². The molecule has 2 N–H and O–H groups in total. The predicted octanol–water partition coefficient (Wildman–Crippen LogP) is 0.772. The summed E-state index contributed by atoms with van der Waals surface area (Å²) in [6.07, 6.45) is 1.21. The molecule has 0 radical (unpaired) electrons. The van der Waals surface area contributed by atoms with Crippen molar-refractivity contribution in [1.82, 2.24) is 4.90 Å². The Morgan fingerprint density at radius 1 is 1.80 bits per heavy atom. The van der Waals surface area contributed by atoms with Crippen molar-refractivity contribution in [3.05, 3.63) is 11.6 Å². The van der Waals surface area contributed by atoms with E-state index in [2.05, 4.69) is 11.5 Å². The van der Waals surface area contributed by atoms with Crippen LogP contribution < -0.4 is 5.73 Å². The fourth-order valence-corrected chi connectivity index (χ4v) is 1.34. The van der Waals surface area contributed by atoms with Crippen LogP contribution in [0.2, 0.25) is 0 Å². The first-order valence-corrected chi connectivity index (χ1v) is 3.89. The zero-order valence-electron chi connectivity index (χ0n) is 6.02. The zero-order valence-corrected chi connectivity index (χ0v) is 6.77. The molecular weight excluding hydrogens is 148 g/mol. The molecule has 1 fully saturated rings. The molecule has 0 amide bonds. The predicted molar refractivity (Wildman–Crippen MR) is 44.0 cm³/mol. The summed E-state index contributed by atoms with van der Waals surface area (Å²) >= 11 is 5.63. The van der Waals surface area contributed by atoms with Crippen LogP contribution >= 0.6 is 11.6 Å². The normalized spacial score (nSPS) is 26.0. The molecule has 0 aromatic heterocycles. The second-order valence-electron chi connectivity index (χ2n) is 2.67. The first-order chi connectivity index (χ1) is 4.74. The van der Waals surface area contributed by atoms with Crippen LogP contribution in [0, 0.1) is 0 Å². The number of rotatable bonds is 3. The maximum Gasteiger partial charge on any atom is 0.0339 e. The second-order valence-corrected chi connectivity index (χ2v) is 3.20. The number of hydrogen-bond donors (Lipinski definition) is 1. The van der Waals surface area contributed by atoms with Crippen molar-refractivity contribution in [2.45, 2.75) is 12.5 Å². The van der Waals surface area contributed by atoms with E-state index >= 15 is 0 Å². The van der Waals surface area contributed by atoms with Crippen LogP contribution in [0.4, 0.5) is 0 Å². The van der Waals surface area contributed by atoms with Gasteiger partial charge in [-0.3, -0.25) is 4.90 Å². The third kappa shape index (κ3) is 1.72. The van der Waals surface area contributed by atoms with Gasteiger partial charge in [-0.05, 0) is 6.42 Å². The van der Waals surface area contributed by atoms with Gasteiger partial charge >= 0.3 is 0 Å². The Kier molecular flexibility index (Phi) is 2.72. The molecule has 1 aliphatic rings. The molecule has 2 nitrogen and oxygen atoms in total. The van der Waals surface area contributed by atoms with Gasteiger partial charge in [0.25, 0.3) is 0 Å². The van der Waals surface area contributed by atoms with Crippen molar-refractivity contribution in [1.29, 1.82) is 0 Å². The maximum atomic E-state index is 5.63. The van der Waals surface area contributed by atoms with Crippen molar-refractivity contribution >= 4 is 11.6 Å². The Bertz CT molecular complexity index is 134. The lowest BCUT2D eigenvalue weighted by Crippen LogP contribution is -2.51. The highest BCUT2D eigenvalue weighted by Gasteiger charge is 2.25. The molecule has 1 heterocycles. The smallest absolute Gasteiger partial charge is 0.0339 e. The van der Waals surface area contributed by atoms with E-state index in [1.54, 1.807) is 0 Å². The molecule has 3 heteroatoms. The molecule has 10 heavy (non-hydrogen) atoms. The first-order valence-electron chi connectivity index (χ1n) is 3.51. The molecule has 0 aromatic rings. The minimum atomic E-state index is 0.551. The minimum Gasteiger partial charge on any atom is -0.329 e. The van der Waals surface area contributed by atoms with E-state index < -0.39 is 0 Å². The van der Waals surface area contributed by atoms with E-state index in [1.807, 2.05) is 0 Å². The molecule has 1 saturated heterocycles. The van der Waals surface area contributed by atoms with E-state index in [4.69, 9.17) is 17.3 Å². The average molecular weight is 161 g/mol. The van der Waals surface area contributed by atoms with Crippen LogP contribution in [0.5, 0.6) is 0 Å². The van der Waals surface area contributed by atoms with E-state index in [1.165, 1.54) is 6.42 Å². The van der Waals surface area contributed by atoms with Gasteiger partial charge in [0, 0.05) is 30.7 Å². The SMILES string of the molecule is C=C(Cl)CN1CCC1CN. The molecule has 1 atom stereocenters. The highest BCUT2D eigenvalue weighted by atomic mass is 35.5. The molecule has 1 rings (SSSR count). The summed E-state index contributed by atoms with van der Waals surface area (Å²) in [6, 6.07) is 0.551. The molecule has 58 valence electrons. The second kappa shape index (κ2) is 3.37. The molecular formula is C7H13ClN2. The lowest BCUT2D eigenvalue weighted by molar-refractivity contribution is 0.112. The molecule has 0 saturated carbocycles. The van der Waals surface area contributed by atoms with Gasteiger partial charge in [-0.2, -0.15) is 0 Å². The van der Waals surface area contributed by atoms with Crippen LogP contribution in [0.1, 0.15) is 6.42 Å². The Hall–Kier alpha value is -0.0500. The first kappa shape index (κ1) is 8.05. The molecule has 0 spiro atoms.